The third kappa shape index (κ3) is 35.7. The summed E-state index contributed by atoms with van der Waals surface area (Å²) in [5.41, 5.74) is 10.7. The zero-order valence-electron chi connectivity index (χ0n) is 4.81. The Kier molecular flexibility index (Phi) is 30.8. The van der Waals surface area contributed by atoms with E-state index in [9.17, 15) is 4.79 Å². The van der Waals surface area contributed by atoms with Gasteiger partial charge in [-0.3, -0.25) is 0 Å². The maximum Gasteiger partial charge on any atom is 2.00 e. The van der Waals surface area contributed by atoms with Crippen LogP contribution in [0.1, 0.15) is 6.92 Å². The number of hydrogen-bond donors (Lipinski definition) is 1. The molecular weight excluding hydrogens is 276 g/mol. The Labute approximate surface area is 64.1 Å². The summed E-state index contributed by atoms with van der Waals surface area (Å²) in [6.07, 6.45) is 0. The van der Waals surface area contributed by atoms with E-state index in [1.54, 1.807) is 6.92 Å². The molecule has 0 saturated carbocycles. The van der Waals surface area contributed by atoms with Gasteiger partial charge in [0.2, 0.25) is 0 Å². The Morgan fingerprint density at radius 1 is 1.75 bits per heavy atom. The Bertz CT molecular complexity index is 49.3. The van der Waals surface area contributed by atoms with E-state index < -0.39 is 5.91 Å². The molecule has 0 rings (SSSR count). The summed E-state index contributed by atoms with van der Waals surface area (Å²) in [6, 6.07) is 0. The predicted molar refractivity (Wildman–Crippen MR) is 29.4 cm³/mol. The van der Waals surface area contributed by atoms with Crippen LogP contribution >= 0.6 is 0 Å². The Balaban J connectivity index is -0.0000000750. The maximum atomic E-state index is 9.35. The van der Waals surface area contributed by atoms with Crippen molar-refractivity contribution < 1.29 is 25.9 Å². The van der Waals surface area contributed by atoms with Gasteiger partial charge in [-0.05, 0) is 0 Å². The van der Waals surface area contributed by atoms with Gasteiger partial charge in [0.25, 0.3) is 0 Å². The van der Waals surface area contributed by atoms with Crippen LogP contribution in [0.4, 0.5) is 0 Å². The van der Waals surface area contributed by atoms with Gasteiger partial charge in [0.1, 0.15) is 0 Å². The van der Waals surface area contributed by atoms with Crippen molar-refractivity contribution in [1.82, 2.24) is 0 Å². The molecule has 0 saturated heterocycles. The van der Waals surface area contributed by atoms with Gasteiger partial charge in [-0.25, -0.2) is 0 Å². The standard InChI is InChI=1S/C2H6N2O.C2H5.W/c3-1-2(4)5;1-2;/h1,3H2,(H2,4,5);1H2,2H3;/q;-1;+2/p-1. The summed E-state index contributed by atoms with van der Waals surface area (Å²) in [5, 5.41) is 0. The van der Waals surface area contributed by atoms with E-state index in [1.807, 2.05) is 0 Å². The normalized spacial score (nSPS) is 5.38. The first kappa shape index (κ1) is 15.7. The van der Waals surface area contributed by atoms with Crippen molar-refractivity contribution in [3.63, 3.8) is 0 Å². The number of carbonyl (C=O) groups excluding carboxylic acids is 1. The van der Waals surface area contributed by atoms with Crippen LogP contribution in [0.5, 0.6) is 0 Å². The Hall–Kier alpha value is 0.118. The minimum Gasteiger partial charge on any atom is -0.667 e. The molecule has 0 aliphatic carbocycles. The van der Waals surface area contributed by atoms with Gasteiger partial charge in [-0.1, -0.05) is 0 Å². The minimum atomic E-state index is -0.718. The van der Waals surface area contributed by atoms with Gasteiger partial charge in [0, 0.05) is 6.54 Å². The molecule has 0 aliphatic rings. The molecule has 0 aromatic carbocycles. The SMILES string of the molecule is [CH2-]C.[NH-]C(=O)CN.[W+2]. The molecule has 8 heavy (non-hydrogen) atoms. The van der Waals surface area contributed by atoms with Gasteiger partial charge in [-0.2, -0.15) is 6.92 Å². The van der Waals surface area contributed by atoms with Crippen LogP contribution in [0.25, 0.3) is 5.73 Å². The molecule has 0 aromatic heterocycles. The van der Waals surface area contributed by atoms with Crippen LogP contribution in [0, 0.1) is 6.92 Å². The number of nitrogens with one attached hydrogen (secondary N) is 1. The van der Waals surface area contributed by atoms with Crippen molar-refractivity contribution in [2.24, 2.45) is 5.73 Å². The largest absolute Gasteiger partial charge is 2.00 e. The first-order valence-electron chi connectivity index (χ1n) is 1.92. The third-order valence-corrected chi connectivity index (χ3v) is 0.185. The van der Waals surface area contributed by atoms with E-state index in [-0.39, 0.29) is 27.6 Å². The monoisotopic (exact) mass is 286 g/mol. The van der Waals surface area contributed by atoms with Crippen molar-refractivity contribution >= 4 is 5.91 Å². The first-order chi connectivity index (χ1) is 3.27. The minimum absolute atomic E-state index is 0. The molecule has 3 nitrogen and oxygen atoms in total. The van der Waals surface area contributed by atoms with Crippen molar-refractivity contribution in [2.45, 2.75) is 6.92 Å². The van der Waals surface area contributed by atoms with E-state index in [1.165, 1.54) is 0 Å². The van der Waals surface area contributed by atoms with Crippen LogP contribution in [0.3, 0.4) is 0 Å². The second kappa shape index (κ2) is 15.7. The van der Waals surface area contributed by atoms with Gasteiger partial charge in [0.05, 0.1) is 5.91 Å². The van der Waals surface area contributed by atoms with Gasteiger partial charge < -0.3 is 23.2 Å². The molecule has 4 heteroatoms. The van der Waals surface area contributed by atoms with Crippen molar-refractivity contribution in [2.75, 3.05) is 6.54 Å². The Morgan fingerprint density at radius 3 is 1.88 bits per heavy atom. The van der Waals surface area contributed by atoms with Gasteiger partial charge in [0.15, 0.2) is 0 Å². The number of amides is 1. The number of nitrogens with two attached hydrogens (primary N) is 1. The molecule has 0 aromatic rings. The van der Waals surface area contributed by atoms with Crippen molar-refractivity contribution in [3.8, 4) is 0 Å². The molecule has 0 aliphatic heterocycles. The third-order valence-electron chi connectivity index (χ3n) is 0.185. The molecule has 0 atom stereocenters. The van der Waals surface area contributed by atoms with Gasteiger partial charge in [-0.15, -0.1) is 0 Å². The number of carbonyl (C=O) groups is 1. The number of hydrogen-bond acceptors (Lipinski definition) is 2. The summed E-state index contributed by atoms with van der Waals surface area (Å²) in [4.78, 5) is 9.35. The molecule has 0 fully saturated rings. The summed E-state index contributed by atoms with van der Waals surface area (Å²) >= 11 is 0. The predicted octanol–water partition coefficient (Wildman–Crippen LogP) is 0.362. The molecule has 0 unspecified atom stereocenters. The molecule has 0 spiro atoms. The maximum absolute atomic E-state index is 9.35. The molecule has 0 heterocycles. The van der Waals surface area contributed by atoms with Crippen LogP contribution < -0.4 is 5.73 Å². The molecule has 1 amide bonds. The second-order valence-corrected chi connectivity index (χ2v) is 0.627. The first-order valence-corrected chi connectivity index (χ1v) is 1.92. The fourth-order valence-corrected chi connectivity index (χ4v) is 0. The zero-order chi connectivity index (χ0) is 6.28. The summed E-state index contributed by atoms with van der Waals surface area (Å²) in [7, 11) is 0. The zero-order valence-corrected chi connectivity index (χ0v) is 7.74. The van der Waals surface area contributed by atoms with Crippen LogP contribution in [0.15, 0.2) is 0 Å². The molecule has 0 radical (unpaired) electrons. The average molecular weight is 286 g/mol. The van der Waals surface area contributed by atoms with E-state index in [4.69, 9.17) is 5.73 Å². The van der Waals surface area contributed by atoms with Crippen LogP contribution in [0.2, 0.25) is 0 Å². The van der Waals surface area contributed by atoms with E-state index >= 15 is 0 Å². The molecule has 48 valence electrons. The number of rotatable bonds is 1. The van der Waals surface area contributed by atoms with E-state index in [2.05, 4.69) is 12.7 Å². The van der Waals surface area contributed by atoms with E-state index in [0.717, 1.165) is 0 Å². The topological polar surface area (TPSA) is 66.9 Å². The summed E-state index contributed by atoms with van der Waals surface area (Å²) < 4.78 is 0. The molecule has 3 N–H and O–H groups in total. The van der Waals surface area contributed by atoms with Crippen LogP contribution in [-0.4, -0.2) is 12.5 Å². The van der Waals surface area contributed by atoms with Crippen molar-refractivity contribution in [1.29, 1.82) is 0 Å². The summed E-state index contributed by atoms with van der Waals surface area (Å²) in [6.45, 7) is 4.83. The molecular formula is C4H10N2OW. The fourth-order valence-electron chi connectivity index (χ4n) is 0. The quantitative estimate of drug-likeness (QED) is 0.707. The van der Waals surface area contributed by atoms with E-state index in [0.29, 0.717) is 0 Å². The Morgan fingerprint density at radius 2 is 1.88 bits per heavy atom. The summed E-state index contributed by atoms with van der Waals surface area (Å²) in [5.74, 6) is -0.718. The second-order valence-electron chi connectivity index (χ2n) is 0.627. The van der Waals surface area contributed by atoms with Crippen molar-refractivity contribution in [3.05, 3.63) is 12.7 Å². The van der Waals surface area contributed by atoms with Gasteiger partial charge >= 0.3 is 21.1 Å². The smallest absolute Gasteiger partial charge is 0.667 e. The van der Waals surface area contributed by atoms with Crippen LogP contribution in [-0.2, 0) is 25.9 Å². The average Bonchev–Trinajstić information content (AvgIpc) is 1.73. The molecule has 0 bridgehead atoms. The fraction of sp³-hybridized carbons (Fsp3) is 0.500.